The summed E-state index contributed by atoms with van der Waals surface area (Å²) in [6.07, 6.45) is 0. The van der Waals surface area contributed by atoms with Gasteiger partial charge in [0.15, 0.2) is 0 Å². The third-order valence-corrected chi connectivity index (χ3v) is 3.59. The summed E-state index contributed by atoms with van der Waals surface area (Å²) >= 11 is 17.4. The molecule has 0 heterocycles. The summed E-state index contributed by atoms with van der Waals surface area (Å²) in [4.78, 5) is 0. The fourth-order valence-electron chi connectivity index (χ4n) is 0.744. The minimum atomic E-state index is -3.47. The molecule has 14 heavy (non-hydrogen) atoms. The van der Waals surface area contributed by atoms with Crippen molar-refractivity contribution in [1.29, 1.82) is 0 Å². The Kier molecular flexibility index (Phi) is 4.90. The summed E-state index contributed by atoms with van der Waals surface area (Å²) in [5.74, 6) is 0. The van der Waals surface area contributed by atoms with Crippen LogP contribution >= 0.6 is 64.3 Å². The van der Waals surface area contributed by atoms with Gasteiger partial charge in [-0.05, 0) is 0 Å². The molecule has 0 spiro atoms. The monoisotopic (exact) mass is 349 g/mol. The van der Waals surface area contributed by atoms with Crippen LogP contribution in [0.1, 0.15) is 0 Å². The Bertz CT molecular complexity index is 380. The van der Waals surface area contributed by atoms with E-state index < -0.39 is 11.0 Å². The Labute approximate surface area is 111 Å². The van der Waals surface area contributed by atoms with Gasteiger partial charge in [-0.1, -0.05) is 0 Å². The number of hydrogen-bond donors (Lipinski definition) is 0. The first kappa shape index (κ1) is 13.4. The average Bonchev–Trinajstić information content (AvgIpc) is 1.95. The molecule has 0 aliphatic carbocycles. The van der Waals surface area contributed by atoms with Crippen LogP contribution in [0.4, 0.5) is 5.69 Å². The average molecular weight is 352 g/mol. The molecule has 1 rings (SSSR count). The van der Waals surface area contributed by atoms with E-state index >= 15 is 0 Å². The Balaban J connectivity index is 3.37. The van der Waals surface area contributed by atoms with E-state index in [-0.39, 0.29) is 15.7 Å². The molecule has 0 bridgehead atoms. The van der Waals surface area contributed by atoms with Crippen molar-refractivity contribution < 1.29 is 11.0 Å². The van der Waals surface area contributed by atoms with Crippen molar-refractivity contribution in [3.05, 3.63) is 27.2 Å². The molecule has 0 fully saturated rings. The molecule has 1 nitrogen and oxygen atoms in total. The predicted molar refractivity (Wildman–Crippen MR) is 61.1 cm³/mol. The van der Waals surface area contributed by atoms with Crippen LogP contribution in [0.3, 0.4) is 0 Å². The van der Waals surface area contributed by atoms with E-state index in [4.69, 9.17) is 64.3 Å². The van der Waals surface area contributed by atoms with E-state index in [1.54, 1.807) is 0 Å². The first-order valence-electron chi connectivity index (χ1n) is 3.15. The van der Waals surface area contributed by atoms with Crippen LogP contribution in [0.25, 0.3) is 0 Å². The normalized spacial score (nSPS) is 11.6. The molecule has 0 unspecified atom stereocenters. The van der Waals surface area contributed by atoms with Gasteiger partial charge in [0, 0.05) is 0 Å². The zero-order valence-electron chi connectivity index (χ0n) is 6.32. The summed E-state index contributed by atoms with van der Waals surface area (Å²) in [7, 11) is 13.4. The van der Waals surface area contributed by atoms with Crippen molar-refractivity contribution in [2.45, 2.75) is 0 Å². The van der Waals surface area contributed by atoms with Gasteiger partial charge in [-0.15, -0.1) is 0 Å². The standard InChI is InChI=1S/C6H2Cl3N.3ClH.V/c7-3-1-4(8)6(10)5(9)2-3;;;;/h1-2H;3*1H;/q;;;;+3/p-3. The van der Waals surface area contributed by atoms with Gasteiger partial charge in [0.25, 0.3) is 0 Å². The van der Waals surface area contributed by atoms with Gasteiger partial charge in [0.05, 0.1) is 0 Å². The number of nitrogens with zero attached hydrogens (tertiary/aromatic N) is 1. The molecule has 0 saturated carbocycles. The van der Waals surface area contributed by atoms with Gasteiger partial charge in [-0.25, -0.2) is 0 Å². The second kappa shape index (κ2) is 5.12. The molecule has 0 saturated heterocycles. The molecule has 0 atom stereocenters. The first-order chi connectivity index (χ1) is 6.29. The number of rotatable bonds is 1. The zero-order valence-corrected chi connectivity index (χ0v) is 12.2. The van der Waals surface area contributed by atoms with E-state index in [2.05, 4.69) is 3.79 Å². The van der Waals surface area contributed by atoms with Crippen LogP contribution in [0, 0.1) is 0 Å². The summed E-state index contributed by atoms with van der Waals surface area (Å²) in [6.45, 7) is 0. The molecule has 0 aliphatic heterocycles. The Hall–Kier alpha value is 1.34. The van der Waals surface area contributed by atoms with Crippen molar-refractivity contribution in [2.24, 2.45) is 3.79 Å². The van der Waals surface area contributed by atoms with Crippen molar-refractivity contribution in [3.8, 4) is 0 Å². The van der Waals surface area contributed by atoms with Crippen molar-refractivity contribution in [1.82, 2.24) is 0 Å². The van der Waals surface area contributed by atoms with E-state index in [0.29, 0.717) is 5.02 Å². The minimum absolute atomic E-state index is 0.273. The topological polar surface area (TPSA) is 12.4 Å². The van der Waals surface area contributed by atoms with Crippen LogP contribution in [0.2, 0.25) is 15.1 Å². The van der Waals surface area contributed by atoms with E-state index in [1.807, 2.05) is 0 Å². The fourth-order valence-corrected chi connectivity index (χ4v) is 3.46. The molecule has 0 aromatic heterocycles. The van der Waals surface area contributed by atoms with Crippen molar-refractivity contribution in [2.75, 3.05) is 0 Å². The molecule has 1 aromatic rings. The quantitative estimate of drug-likeness (QED) is 0.581. The molecule has 0 amide bonds. The second-order valence-electron chi connectivity index (χ2n) is 2.24. The van der Waals surface area contributed by atoms with Gasteiger partial charge >= 0.3 is 112 Å². The zero-order chi connectivity index (χ0) is 10.9. The number of benzene rings is 1. The third kappa shape index (κ3) is 4.07. The summed E-state index contributed by atoms with van der Waals surface area (Å²) < 4.78 is 3.88. The SMILES string of the molecule is Clc1cc(Cl)c([N]=[V]([Cl])([Cl])[Cl])c(Cl)c1. The molecule has 0 radical (unpaired) electrons. The molecular formula is C6H2Cl6NV. The van der Waals surface area contributed by atoms with Crippen molar-refractivity contribution >= 4 is 70.0 Å². The van der Waals surface area contributed by atoms with Gasteiger partial charge < -0.3 is 0 Å². The van der Waals surface area contributed by atoms with E-state index in [1.165, 1.54) is 12.1 Å². The summed E-state index contributed by atoms with van der Waals surface area (Å²) in [5, 5.41) is 0.958. The van der Waals surface area contributed by atoms with Gasteiger partial charge in [-0.3, -0.25) is 0 Å². The molecule has 1 aromatic carbocycles. The van der Waals surface area contributed by atoms with Crippen LogP contribution in [-0.2, 0) is 11.0 Å². The van der Waals surface area contributed by atoms with Crippen molar-refractivity contribution in [3.63, 3.8) is 0 Å². The van der Waals surface area contributed by atoms with Gasteiger partial charge in [0.1, 0.15) is 0 Å². The Morgan fingerprint density at radius 2 is 1.36 bits per heavy atom. The van der Waals surface area contributed by atoms with Crippen LogP contribution in [0.5, 0.6) is 0 Å². The van der Waals surface area contributed by atoms with E-state index in [0.717, 1.165) is 0 Å². The summed E-state index contributed by atoms with van der Waals surface area (Å²) in [5.41, 5.74) is 0.283. The molecule has 8 heteroatoms. The van der Waals surface area contributed by atoms with Crippen LogP contribution in [-0.4, -0.2) is 0 Å². The third-order valence-electron chi connectivity index (χ3n) is 1.20. The summed E-state index contributed by atoms with van der Waals surface area (Å²) in [6, 6.07) is 2.98. The first-order valence-corrected chi connectivity index (χ1v) is 10.7. The van der Waals surface area contributed by atoms with E-state index in [9.17, 15) is 0 Å². The predicted octanol–water partition coefficient (Wildman–Crippen LogP) is 6.08. The van der Waals surface area contributed by atoms with Gasteiger partial charge in [-0.2, -0.15) is 0 Å². The van der Waals surface area contributed by atoms with Crippen LogP contribution < -0.4 is 0 Å². The fraction of sp³-hybridized carbons (Fsp3) is 0. The molecule has 78 valence electrons. The maximum absolute atomic E-state index is 5.83. The Morgan fingerprint density at radius 3 is 1.71 bits per heavy atom. The Morgan fingerprint density at radius 1 is 0.929 bits per heavy atom. The second-order valence-corrected chi connectivity index (χ2v) is 13.3. The van der Waals surface area contributed by atoms with Gasteiger partial charge in [0.2, 0.25) is 0 Å². The van der Waals surface area contributed by atoms with Crippen LogP contribution in [0.15, 0.2) is 15.9 Å². The molecular weight excluding hydrogens is 350 g/mol. The maximum atomic E-state index is 5.83. The number of hydrogen-bond acceptors (Lipinski definition) is 1. The number of halogens is 6. The molecule has 0 N–H and O–H groups in total. The molecule has 0 aliphatic rings.